The minimum Gasteiger partial charge on any atom is -0.369 e. The molecule has 0 saturated carbocycles. The molecule has 13 heteroatoms. The van der Waals surface area contributed by atoms with E-state index in [1.165, 1.54) is 0 Å². The van der Waals surface area contributed by atoms with E-state index in [1.54, 1.807) is 6.92 Å². The summed E-state index contributed by atoms with van der Waals surface area (Å²) in [5.41, 5.74) is 4.79. The standard InChI is InChI=1S/C21H39N6O6P/c1-3-4-9-23-17(29)13-27(19(31)8-11-25-16(28)12-26-21(33)34)14-18(30)24-10-6-5-7-15(2)20(22)32/h15H,3-14,34H2,1-2H3,(H2,22,32)(H,23,29)(H,24,30)(H,25,28)(H,26,33)/t15-/m0/s1. The van der Waals surface area contributed by atoms with Crippen LogP contribution in [0.4, 0.5) is 4.79 Å². The van der Waals surface area contributed by atoms with Gasteiger partial charge in [0.2, 0.25) is 35.2 Å². The van der Waals surface area contributed by atoms with E-state index in [0.717, 1.165) is 17.7 Å². The van der Waals surface area contributed by atoms with E-state index in [2.05, 4.69) is 21.3 Å². The number of hydrogen-bond acceptors (Lipinski definition) is 6. The van der Waals surface area contributed by atoms with Crippen molar-refractivity contribution in [1.29, 1.82) is 0 Å². The molecule has 1 unspecified atom stereocenters. The maximum atomic E-state index is 12.6. The van der Waals surface area contributed by atoms with E-state index >= 15 is 0 Å². The Labute approximate surface area is 203 Å². The van der Waals surface area contributed by atoms with Gasteiger partial charge in [0.25, 0.3) is 0 Å². The fraction of sp³-hybridized carbons (Fsp3) is 0.714. The van der Waals surface area contributed by atoms with Crippen molar-refractivity contribution in [3.05, 3.63) is 0 Å². The Morgan fingerprint density at radius 1 is 0.824 bits per heavy atom. The molecular weight excluding hydrogens is 463 g/mol. The molecule has 0 bridgehead atoms. The lowest BCUT2D eigenvalue weighted by molar-refractivity contribution is -0.139. The lowest BCUT2D eigenvalue weighted by Crippen LogP contribution is -2.47. The Kier molecular flexibility index (Phi) is 17.1. The second-order valence-electron chi connectivity index (χ2n) is 7.92. The minimum absolute atomic E-state index is 0.00197. The zero-order chi connectivity index (χ0) is 25.9. The first-order chi connectivity index (χ1) is 16.1. The molecule has 0 spiro atoms. The second-order valence-corrected chi connectivity index (χ2v) is 8.44. The van der Waals surface area contributed by atoms with Crippen LogP contribution in [0.25, 0.3) is 0 Å². The van der Waals surface area contributed by atoms with Gasteiger partial charge in [0.15, 0.2) is 0 Å². The first-order valence-corrected chi connectivity index (χ1v) is 12.0. The number of carbonyl (C=O) groups is 6. The summed E-state index contributed by atoms with van der Waals surface area (Å²) in [6, 6.07) is 0. The van der Waals surface area contributed by atoms with Gasteiger partial charge in [0.05, 0.1) is 6.54 Å². The molecule has 0 saturated heterocycles. The van der Waals surface area contributed by atoms with Crippen molar-refractivity contribution >= 4 is 44.4 Å². The highest BCUT2D eigenvalue weighted by Gasteiger charge is 2.20. The molecule has 34 heavy (non-hydrogen) atoms. The Balaban J connectivity index is 4.63. The van der Waals surface area contributed by atoms with Crippen LogP contribution in [0.2, 0.25) is 0 Å². The van der Waals surface area contributed by atoms with Crippen molar-refractivity contribution < 1.29 is 28.8 Å². The maximum Gasteiger partial charge on any atom is 0.239 e. The van der Waals surface area contributed by atoms with E-state index in [-0.39, 0.29) is 50.3 Å². The molecule has 0 fully saturated rings. The van der Waals surface area contributed by atoms with Gasteiger partial charge >= 0.3 is 0 Å². The van der Waals surface area contributed by atoms with Gasteiger partial charge < -0.3 is 31.9 Å². The molecule has 0 aliphatic rings. The van der Waals surface area contributed by atoms with Crippen molar-refractivity contribution in [2.45, 2.75) is 52.4 Å². The zero-order valence-corrected chi connectivity index (χ0v) is 21.3. The Morgan fingerprint density at radius 2 is 1.38 bits per heavy atom. The van der Waals surface area contributed by atoms with Gasteiger partial charge in [-0.15, -0.1) is 0 Å². The van der Waals surface area contributed by atoms with Crippen LogP contribution in [0, 0.1) is 5.92 Å². The van der Waals surface area contributed by atoms with Crippen LogP contribution < -0.4 is 27.0 Å². The van der Waals surface area contributed by atoms with Crippen molar-refractivity contribution in [2.24, 2.45) is 11.7 Å². The van der Waals surface area contributed by atoms with Crippen molar-refractivity contribution in [3.63, 3.8) is 0 Å². The fourth-order valence-corrected chi connectivity index (χ4v) is 2.84. The number of nitrogens with two attached hydrogens (primary N) is 1. The van der Waals surface area contributed by atoms with Gasteiger partial charge in [0, 0.05) is 32.0 Å². The molecule has 0 aliphatic carbocycles. The SMILES string of the molecule is CCCCNC(=O)CN(CC(=O)NCCCC[C@H](C)C(N)=O)C(=O)CCNC(=O)CNC(=O)P. The number of unbranched alkanes of at least 4 members (excludes halogenated alkanes) is 2. The lowest BCUT2D eigenvalue weighted by Gasteiger charge is -2.22. The lowest BCUT2D eigenvalue weighted by atomic mass is 10.0. The number of nitrogens with one attached hydrogen (secondary N) is 4. The van der Waals surface area contributed by atoms with Crippen LogP contribution in [0.5, 0.6) is 0 Å². The molecule has 0 rings (SSSR count). The minimum atomic E-state index is -0.466. The largest absolute Gasteiger partial charge is 0.369 e. The third-order valence-corrected chi connectivity index (χ3v) is 5.03. The number of hydrogen-bond donors (Lipinski definition) is 5. The number of nitrogens with zero attached hydrogens (tertiary/aromatic N) is 1. The average molecular weight is 503 g/mol. The molecule has 6 N–H and O–H groups in total. The fourth-order valence-electron chi connectivity index (χ4n) is 2.74. The number of rotatable bonds is 18. The molecule has 0 aromatic carbocycles. The van der Waals surface area contributed by atoms with Crippen LogP contribution in [-0.2, 0) is 24.0 Å². The molecule has 12 nitrogen and oxygen atoms in total. The van der Waals surface area contributed by atoms with Crippen LogP contribution in [-0.4, -0.2) is 79.4 Å². The van der Waals surface area contributed by atoms with Gasteiger partial charge in [-0.3, -0.25) is 28.8 Å². The third-order valence-electron chi connectivity index (χ3n) is 4.83. The summed E-state index contributed by atoms with van der Waals surface area (Å²) in [5.74, 6) is -2.30. The third kappa shape index (κ3) is 16.8. The van der Waals surface area contributed by atoms with Gasteiger partial charge in [-0.25, -0.2) is 0 Å². The van der Waals surface area contributed by atoms with Crippen molar-refractivity contribution in [1.82, 2.24) is 26.2 Å². The van der Waals surface area contributed by atoms with Crippen molar-refractivity contribution in [2.75, 3.05) is 39.3 Å². The Morgan fingerprint density at radius 3 is 1.91 bits per heavy atom. The summed E-state index contributed by atoms with van der Waals surface area (Å²) in [6.45, 7) is 3.78. The normalized spacial score (nSPS) is 11.1. The zero-order valence-electron chi connectivity index (χ0n) is 20.1. The van der Waals surface area contributed by atoms with Gasteiger partial charge in [-0.05, 0) is 28.5 Å². The summed E-state index contributed by atoms with van der Waals surface area (Å²) >= 11 is 0. The van der Waals surface area contributed by atoms with Crippen molar-refractivity contribution in [3.8, 4) is 0 Å². The van der Waals surface area contributed by atoms with Crippen LogP contribution >= 0.6 is 9.24 Å². The second kappa shape index (κ2) is 18.7. The maximum absolute atomic E-state index is 12.6. The van der Waals surface area contributed by atoms with Gasteiger partial charge in [-0.2, -0.15) is 0 Å². The Bertz CT molecular complexity index is 705. The first kappa shape index (κ1) is 31.2. The summed E-state index contributed by atoms with van der Waals surface area (Å²) in [7, 11) is 1.88. The summed E-state index contributed by atoms with van der Waals surface area (Å²) in [5, 5.41) is 10.2. The summed E-state index contributed by atoms with van der Waals surface area (Å²) < 4.78 is 0. The average Bonchev–Trinajstić information content (AvgIpc) is 2.76. The molecule has 0 heterocycles. The van der Waals surface area contributed by atoms with E-state index in [4.69, 9.17) is 5.73 Å². The smallest absolute Gasteiger partial charge is 0.239 e. The molecule has 0 aromatic rings. The van der Waals surface area contributed by atoms with Gasteiger partial charge in [0.1, 0.15) is 13.1 Å². The Hall–Kier alpha value is -2.75. The number of primary amides is 1. The number of amides is 6. The van der Waals surface area contributed by atoms with E-state index < -0.39 is 23.4 Å². The highest BCUT2D eigenvalue weighted by molar-refractivity contribution is 7.39. The number of carbonyl (C=O) groups excluding carboxylic acids is 6. The van der Waals surface area contributed by atoms with E-state index in [9.17, 15) is 28.8 Å². The molecule has 194 valence electrons. The molecule has 6 amide bonds. The molecule has 2 atom stereocenters. The molecular formula is C21H39N6O6P. The quantitative estimate of drug-likeness (QED) is 0.121. The summed E-state index contributed by atoms with van der Waals surface area (Å²) in [4.78, 5) is 71.7. The molecule has 0 aliphatic heterocycles. The monoisotopic (exact) mass is 502 g/mol. The predicted octanol–water partition coefficient (Wildman–Crippen LogP) is -0.770. The van der Waals surface area contributed by atoms with E-state index in [0.29, 0.717) is 32.4 Å². The topological polar surface area (TPSA) is 180 Å². The van der Waals surface area contributed by atoms with Crippen LogP contribution in [0.3, 0.4) is 0 Å². The van der Waals surface area contributed by atoms with Crippen LogP contribution in [0.15, 0.2) is 0 Å². The molecule has 0 radical (unpaired) electrons. The van der Waals surface area contributed by atoms with Crippen LogP contribution in [0.1, 0.15) is 52.4 Å². The first-order valence-electron chi connectivity index (χ1n) is 11.5. The molecule has 0 aromatic heterocycles. The highest BCUT2D eigenvalue weighted by Crippen LogP contribution is 2.06. The summed E-state index contributed by atoms with van der Waals surface area (Å²) in [6.07, 6.45) is 3.58. The highest BCUT2D eigenvalue weighted by atomic mass is 31.0. The van der Waals surface area contributed by atoms with Gasteiger partial charge in [-0.1, -0.05) is 26.7 Å². The predicted molar refractivity (Wildman–Crippen MR) is 130 cm³/mol. The van der Waals surface area contributed by atoms with E-state index in [1.807, 2.05) is 16.2 Å².